The molecule has 2 saturated heterocycles. The standard InChI is InChI=1S/C15H24N4O/c1-12-13(2)16-11-17-15(12)19-7-5-18(6-8-19)14-3-9-20-10-4-14/h11,14H,3-10H2,1-2H3. The molecule has 0 aromatic carbocycles. The van der Waals surface area contributed by atoms with Gasteiger partial charge in [0, 0.05) is 56.7 Å². The number of aryl methyl sites for hydroxylation is 1. The Labute approximate surface area is 121 Å². The zero-order valence-electron chi connectivity index (χ0n) is 12.5. The third-order valence-electron chi connectivity index (χ3n) is 4.63. The summed E-state index contributed by atoms with van der Waals surface area (Å²) in [4.78, 5) is 13.8. The van der Waals surface area contributed by atoms with E-state index in [0.717, 1.165) is 56.9 Å². The molecule has 1 aromatic rings. The third kappa shape index (κ3) is 2.79. The number of hydrogen-bond donors (Lipinski definition) is 0. The molecule has 0 unspecified atom stereocenters. The van der Waals surface area contributed by atoms with E-state index in [2.05, 4.69) is 33.6 Å². The monoisotopic (exact) mass is 276 g/mol. The molecule has 0 amide bonds. The molecule has 2 aliphatic heterocycles. The van der Waals surface area contributed by atoms with Crippen LogP contribution in [0.1, 0.15) is 24.1 Å². The van der Waals surface area contributed by atoms with Gasteiger partial charge < -0.3 is 9.64 Å². The highest BCUT2D eigenvalue weighted by Gasteiger charge is 2.26. The minimum Gasteiger partial charge on any atom is -0.381 e. The Hall–Kier alpha value is -1.20. The topological polar surface area (TPSA) is 41.5 Å². The summed E-state index contributed by atoms with van der Waals surface area (Å²) in [6, 6.07) is 0.721. The number of anilines is 1. The van der Waals surface area contributed by atoms with Gasteiger partial charge in [-0.05, 0) is 26.7 Å². The molecule has 0 atom stereocenters. The first-order valence-corrected chi connectivity index (χ1v) is 7.60. The highest BCUT2D eigenvalue weighted by Crippen LogP contribution is 2.22. The zero-order valence-corrected chi connectivity index (χ0v) is 12.5. The molecule has 110 valence electrons. The number of nitrogens with zero attached hydrogens (tertiary/aromatic N) is 4. The van der Waals surface area contributed by atoms with E-state index in [9.17, 15) is 0 Å². The molecule has 0 spiro atoms. The van der Waals surface area contributed by atoms with Crippen molar-refractivity contribution in [3.05, 3.63) is 17.6 Å². The molecule has 0 radical (unpaired) electrons. The molecule has 5 nitrogen and oxygen atoms in total. The molecule has 2 aliphatic rings. The lowest BCUT2D eigenvalue weighted by Crippen LogP contribution is -2.52. The fourth-order valence-corrected chi connectivity index (χ4v) is 3.19. The molecule has 3 heterocycles. The SMILES string of the molecule is Cc1ncnc(N2CCN(C3CCOCC3)CC2)c1C. The van der Waals surface area contributed by atoms with E-state index in [1.807, 2.05) is 0 Å². The molecule has 2 fully saturated rings. The van der Waals surface area contributed by atoms with Gasteiger partial charge in [-0.3, -0.25) is 4.90 Å². The summed E-state index contributed by atoms with van der Waals surface area (Å²) in [5, 5.41) is 0. The van der Waals surface area contributed by atoms with Crippen molar-refractivity contribution in [2.45, 2.75) is 32.7 Å². The molecule has 0 N–H and O–H groups in total. The predicted molar refractivity (Wildman–Crippen MR) is 79.1 cm³/mol. The molecule has 0 aliphatic carbocycles. The summed E-state index contributed by atoms with van der Waals surface area (Å²) in [6.07, 6.45) is 4.06. The van der Waals surface area contributed by atoms with Crippen molar-refractivity contribution in [3.8, 4) is 0 Å². The van der Waals surface area contributed by atoms with Gasteiger partial charge in [-0.15, -0.1) is 0 Å². The Morgan fingerprint density at radius 1 is 1.05 bits per heavy atom. The first-order valence-electron chi connectivity index (χ1n) is 7.60. The van der Waals surface area contributed by atoms with E-state index >= 15 is 0 Å². The summed E-state index contributed by atoms with van der Waals surface area (Å²) in [5.74, 6) is 1.11. The Balaban J connectivity index is 1.62. The van der Waals surface area contributed by atoms with Crippen molar-refractivity contribution >= 4 is 5.82 Å². The van der Waals surface area contributed by atoms with Crippen molar-refractivity contribution < 1.29 is 4.74 Å². The zero-order chi connectivity index (χ0) is 13.9. The second kappa shape index (κ2) is 6.06. The Morgan fingerprint density at radius 3 is 2.45 bits per heavy atom. The van der Waals surface area contributed by atoms with Crippen LogP contribution in [0.15, 0.2) is 6.33 Å². The molecule has 3 rings (SSSR count). The van der Waals surface area contributed by atoms with Gasteiger partial charge in [0.05, 0.1) is 0 Å². The Morgan fingerprint density at radius 2 is 1.75 bits per heavy atom. The molecule has 0 saturated carbocycles. The number of ether oxygens (including phenoxy) is 1. The van der Waals surface area contributed by atoms with Gasteiger partial charge in [0.15, 0.2) is 0 Å². The number of piperazine rings is 1. The predicted octanol–water partition coefficient (Wildman–Crippen LogP) is 1.39. The molecule has 20 heavy (non-hydrogen) atoms. The van der Waals surface area contributed by atoms with E-state index in [1.54, 1.807) is 6.33 Å². The average Bonchev–Trinajstić information content (AvgIpc) is 2.51. The van der Waals surface area contributed by atoms with Gasteiger partial charge in [0.2, 0.25) is 0 Å². The van der Waals surface area contributed by atoms with Crippen LogP contribution < -0.4 is 4.90 Å². The fraction of sp³-hybridized carbons (Fsp3) is 0.733. The van der Waals surface area contributed by atoms with Crippen LogP contribution in [0.2, 0.25) is 0 Å². The minimum absolute atomic E-state index is 0.721. The van der Waals surface area contributed by atoms with Crippen molar-refractivity contribution in [1.82, 2.24) is 14.9 Å². The highest BCUT2D eigenvalue weighted by molar-refractivity contribution is 5.47. The van der Waals surface area contributed by atoms with Crippen molar-refractivity contribution in [1.29, 1.82) is 0 Å². The van der Waals surface area contributed by atoms with Crippen molar-refractivity contribution in [3.63, 3.8) is 0 Å². The molecular weight excluding hydrogens is 252 g/mol. The van der Waals surface area contributed by atoms with Crippen LogP contribution in [0.3, 0.4) is 0 Å². The van der Waals surface area contributed by atoms with Gasteiger partial charge in [0.25, 0.3) is 0 Å². The van der Waals surface area contributed by atoms with Crippen LogP contribution in [0.5, 0.6) is 0 Å². The van der Waals surface area contributed by atoms with E-state index in [1.165, 1.54) is 18.4 Å². The largest absolute Gasteiger partial charge is 0.381 e. The summed E-state index contributed by atoms with van der Waals surface area (Å²) < 4.78 is 5.46. The van der Waals surface area contributed by atoms with Crippen LogP contribution in [0, 0.1) is 13.8 Å². The summed E-state index contributed by atoms with van der Waals surface area (Å²) >= 11 is 0. The molecule has 5 heteroatoms. The van der Waals surface area contributed by atoms with Crippen LogP contribution in [0.25, 0.3) is 0 Å². The van der Waals surface area contributed by atoms with Crippen molar-refractivity contribution in [2.24, 2.45) is 0 Å². The van der Waals surface area contributed by atoms with E-state index in [4.69, 9.17) is 4.74 Å². The fourth-order valence-electron chi connectivity index (χ4n) is 3.19. The summed E-state index contributed by atoms with van der Waals surface area (Å²) in [5.41, 5.74) is 2.30. The Kier molecular flexibility index (Phi) is 4.17. The van der Waals surface area contributed by atoms with Crippen molar-refractivity contribution in [2.75, 3.05) is 44.3 Å². The van der Waals surface area contributed by atoms with Gasteiger partial charge in [0.1, 0.15) is 12.1 Å². The quantitative estimate of drug-likeness (QED) is 0.816. The van der Waals surface area contributed by atoms with Gasteiger partial charge in [-0.1, -0.05) is 0 Å². The highest BCUT2D eigenvalue weighted by atomic mass is 16.5. The number of hydrogen-bond acceptors (Lipinski definition) is 5. The average molecular weight is 276 g/mol. The van der Waals surface area contributed by atoms with E-state index in [-0.39, 0.29) is 0 Å². The van der Waals surface area contributed by atoms with Crippen LogP contribution in [-0.2, 0) is 4.74 Å². The van der Waals surface area contributed by atoms with Crippen LogP contribution in [-0.4, -0.2) is 60.3 Å². The third-order valence-corrected chi connectivity index (χ3v) is 4.63. The van der Waals surface area contributed by atoms with Gasteiger partial charge in [-0.25, -0.2) is 9.97 Å². The first-order chi connectivity index (χ1) is 9.75. The number of aromatic nitrogens is 2. The lowest BCUT2D eigenvalue weighted by molar-refractivity contribution is 0.0321. The molecular formula is C15H24N4O. The summed E-state index contributed by atoms with van der Waals surface area (Å²) in [6.45, 7) is 10.4. The van der Waals surface area contributed by atoms with Gasteiger partial charge >= 0.3 is 0 Å². The minimum atomic E-state index is 0.721. The van der Waals surface area contributed by atoms with E-state index < -0.39 is 0 Å². The smallest absolute Gasteiger partial charge is 0.135 e. The maximum absolute atomic E-state index is 5.46. The molecule has 1 aromatic heterocycles. The second-order valence-corrected chi connectivity index (χ2v) is 5.77. The second-order valence-electron chi connectivity index (χ2n) is 5.77. The number of rotatable bonds is 2. The maximum atomic E-state index is 5.46. The van der Waals surface area contributed by atoms with Crippen LogP contribution >= 0.6 is 0 Å². The van der Waals surface area contributed by atoms with Crippen LogP contribution in [0.4, 0.5) is 5.82 Å². The normalized spacial score (nSPS) is 22.2. The van der Waals surface area contributed by atoms with E-state index in [0.29, 0.717) is 0 Å². The van der Waals surface area contributed by atoms with Gasteiger partial charge in [-0.2, -0.15) is 0 Å². The maximum Gasteiger partial charge on any atom is 0.135 e. The lowest BCUT2D eigenvalue weighted by atomic mass is 10.1. The summed E-state index contributed by atoms with van der Waals surface area (Å²) in [7, 11) is 0. The lowest BCUT2D eigenvalue weighted by Gasteiger charge is -2.41. The molecule has 0 bridgehead atoms. The Bertz CT molecular complexity index is 451. The first kappa shape index (κ1) is 13.8.